The van der Waals surface area contributed by atoms with Crippen molar-refractivity contribution in [3.8, 4) is 0 Å². The molecule has 10 nitrogen and oxygen atoms in total. The fraction of sp³-hybridized carbons (Fsp3) is 0.800. The predicted octanol–water partition coefficient (Wildman–Crippen LogP) is -3.05. The Labute approximate surface area is 154 Å². The third-order valence-corrected chi connectivity index (χ3v) is 4.26. The lowest BCUT2D eigenvalue weighted by Gasteiger charge is -2.42. The first kappa shape index (κ1) is 24.7. The van der Waals surface area contributed by atoms with Gasteiger partial charge in [0.25, 0.3) is 0 Å². The van der Waals surface area contributed by atoms with Crippen LogP contribution < -0.4 is 19.3 Å². The van der Waals surface area contributed by atoms with Gasteiger partial charge in [0.05, 0.1) is 28.1 Å². The highest BCUT2D eigenvalue weighted by Crippen LogP contribution is 2.40. The monoisotopic (exact) mass is 399 g/mol. The summed E-state index contributed by atoms with van der Waals surface area (Å²) in [4.78, 5) is 37.6. The number of nitrogens with one attached hydrogen (secondary N) is 1. The number of ether oxygens (including phenoxy) is 2. The highest BCUT2D eigenvalue weighted by molar-refractivity contribution is 6.15. The third kappa shape index (κ3) is 5.86. The first-order chi connectivity index (χ1) is 11.9. The molecule has 2 atom stereocenters. The zero-order chi connectivity index (χ0) is 20.6. The van der Waals surface area contributed by atoms with Gasteiger partial charge < -0.3 is 14.8 Å². The van der Waals surface area contributed by atoms with Crippen LogP contribution in [0.25, 0.3) is 0 Å². The second-order valence-electron chi connectivity index (χ2n) is 5.64. The summed E-state index contributed by atoms with van der Waals surface area (Å²) < 4.78 is 42.9. The largest absolute Gasteiger partial charge is 0.465 e. The van der Waals surface area contributed by atoms with Crippen molar-refractivity contribution in [2.24, 2.45) is 10.8 Å². The number of Topliss-reactive ketones (excluding diaryl/α,β-unsaturated/α-hetero) is 1. The average molecular weight is 400 g/mol. The van der Waals surface area contributed by atoms with Gasteiger partial charge >= 0.3 is 11.9 Å². The van der Waals surface area contributed by atoms with Crippen LogP contribution in [-0.4, -0.2) is 48.7 Å². The topological polar surface area (TPSA) is 171 Å². The van der Waals surface area contributed by atoms with Gasteiger partial charge in [-0.15, -0.1) is 0 Å². The molecule has 0 saturated carbocycles. The van der Waals surface area contributed by atoms with Crippen molar-refractivity contribution < 1.29 is 52.7 Å². The molecule has 2 unspecified atom stereocenters. The van der Waals surface area contributed by atoms with E-state index >= 15 is 0 Å². The Morgan fingerprint density at radius 3 is 1.54 bits per heavy atom. The number of esters is 2. The Morgan fingerprint density at radius 2 is 1.31 bits per heavy atom. The summed E-state index contributed by atoms with van der Waals surface area (Å²) in [5.41, 5.74) is -2.62. The Balaban J connectivity index is 0.00000110. The van der Waals surface area contributed by atoms with E-state index in [9.17, 15) is 14.4 Å². The molecule has 0 aromatic carbocycles. The van der Waals surface area contributed by atoms with Crippen molar-refractivity contribution in [2.75, 3.05) is 26.3 Å². The molecule has 1 rings (SSSR count). The minimum Gasteiger partial charge on any atom is -0.465 e. The molecule has 11 heteroatoms. The van der Waals surface area contributed by atoms with E-state index in [1.807, 2.05) is 0 Å². The molecule has 2 N–H and O–H groups in total. The zero-order valence-corrected chi connectivity index (χ0v) is 16.1. The number of hydrogen-bond acceptors (Lipinski definition) is 10. The molecule has 1 heterocycles. The molecular weight excluding hydrogens is 374 g/mol. The molecule has 1 fully saturated rings. The number of ketones is 1. The van der Waals surface area contributed by atoms with Gasteiger partial charge in [0, 0.05) is 13.1 Å². The minimum absolute atomic E-state index is 0.197. The quantitative estimate of drug-likeness (QED) is 0.345. The Hall–Kier alpha value is -1.30. The smallest absolute Gasteiger partial charge is 0.320 e. The summed E-state index contributed by atoms with van der Waals surface area (Å²) in [5, 5.41) is 3.05. The van der Waals surface area contributed by atoms with Crippen LogP contribution in [0.3, 0.4) is 0 Å². The van der Waals surface area contributed by atoms with E-state index in [1.54, 1.807) is 27.7 Å². The van der Waals surface area contributed by atoms with E-state index in [1.165, 1.54) is 0 Å². The van der Waals surface area contributed by atoms with Crippen LogP contribution in [0.1, 0.15) is 40.5 Å². The molecule has 152 valence electrons. The standard InChI is InChI=1S/C15H25NO5.ClHO4/c1-5-14(12(18)20-7-3)9-16-10-15(6-2,11(14)17)13(19)21-8-4;2-1(3,4)5/h16H,5-10H2,1-4H3;(H,2,3,4,5). The maximum atomic E-state index is 13.0. The molecule has 1 aliphatic rings. The van der Waals surface area contributed by atoms with Gasteiger partial charge in [-0.3, -0.25) is 14.4 Å². The molecule has 0 amide bonds. The number of piperidine rings is 1. The molecule has 26 heavy (non-hydrogen) atoms. The lowest BCUT2D eigenvalue weighted by atomic mass is 9.64. The molecule has 0 radical (unpaired) electrons. The average Bonchev–Trinajstić information content (AvgIpc) is 2.54. The normalized spacial score (nSPS) is 25.8. The summed E-state index contributed by atoms with van der Waals surface area (Å²) in [7, 11) is -4.69. The molecule has 0 spiro atoms. The van der Waals surface area contributed by atoms with Crippen LogP contribution in [0.2, 0.25) is 0 Å². The summed E-state index contributed by atoms with van der Waals surface area (Å²) >= 11 is 0. The summed E-state index contributed by atoms with van der Waals surface area (Å²) in [6.07, 6.45) is 0.581. The molecule has 1 saturated heterocycles. The molecule has 0 bridgehead atoms. The van der Waals surface area contributed by atoms with Gasteiger partial charge in [-0.05, 0) is 26.7 Å². The van der Waals surface area contributed by atoms with Gasteiger partial charge in [-0.25, -0.2) is 0 Å². The summed E-state index contributed by atoms with van der Waals surface area (Å²) in [5.74, 6) is -1.51. The molecule has 1 aliphatic heterocycles. The predicted molar refractivity (Wildman–Crippen MR) is 78.8 cm³/mol. The van der Waals surface area contributed by atoms with Crippen molar-refractivity contribution in [3.63, 3.8) is 0 Å². The maximum Gasteiger partial charge on any atom is 0.320 e. The minimum atomic E-state index is -4.69. The van der Waals surface area contributed by atoms with Crippen molar-refractivity contribution in [3.05, 3.63) is 0 Å². The van der Waals surface area contributed by atoms with E-state index in [4.69, 9.17) is 28.1 Å². The first-order valence-corrected chi connectivity index (χ1v) is 9.44. The van der Waals surface area contributed by atoms with Crippen LogP contribution in [-0.2, 0) is 23.9 Å². The molecule has 0 aromatic rings. The van der Waals surface area contributed by atoms with E-state index in [0.717, 1.165) is 0 Å². The maximum absolute atomic E-state index is 13.0. The van der Waals surface area contributed by atoms with E-state index in [-0.39, 0.29) is 32.1 Å². The van der Waals surface area contributed by atoms with Crippen LogP contribution in [0.4, 0.5) is 0 Å². The van der Waals surface area contributed by atoms with Crippen molar-refractivity contribution in [2.45, 2.75) is 40.5 Å². The van der Waals surface area contributed by atoms with E-state index in [0.29, 0.717) is 12.8 Å². The highest BCUT2D eigenvalue weighted by atomic mass is 35.7. The highest BCUT2D eigenvalue weighted by Gasteiger charge is 2.60. The fourth-order valence-electron chi connectivity index (χ4n) is 2.84. The van der Waals surface area contributed by atoms with Crippen LogP contribution in [0.15, 0.2) is 0 Å². The second-order valence-corrected chi connectivity index (χ2v) is 6.43. The number of rotatable bonds is 6. The zero-order valence-electron chi connectivity index (χ0n) is 15.3. The van der Waals surface area contributed by atoms with Crippen molar-refractivity contribution >= 4 is 17.7 Å². The Morgan fingerprint density at radius 1 is 1.00 bits per heavy atom. The lowest BCUT2D eigenvalue weighted by Crippen LogP contribution is -2.64. The third-order valence-electron chi connectivity index (χ3n) is 4.26. The fourth-order valence-corrected chi connectivity index (χ4v) is 2.84. The van der Waals surface area contributed by atoms with Crippen LogP contribution in [0.5, 0.6) is 0 Å². The van der Waals surface area contributed by atoms with Crippen molar-refractivity contribution in [1.29, 1.82) is 0 Å². The Bertz CT molecular complexity index is 466. The SMILES string of the molecule is CCOC(=O)C1(CC)CNCC(CC)(C(=O)OCC)C1=O.[O-][Cl+3]([O-])([O-])O. The van der Waals surface area contributed by atoms with E-state index in [2.05, 4.69) is 5.32 Å². The summed E-state index contributed by atoms with van der Waals surface area (Å²) in [6.45, 7) is 7.70. The van der Waals surface area contributed by atoms with Crippen molar-refractivity contribution in [1.82, 2.24) is 5.32 Å². The lowest BCUT2D eigenvalue weighted by molar-refractivity contribution is -1.92. The van der Waals surface area contributed by atoms with E-state index < -0.39 is 33.0 Å². The van der Waals surface area contributed by atoms with Crippen LogP contribution in [0, 0.1) is 21.1 Å². The van der Waals surface area contributed by atoms with Crippen LogP contribution >= 0.6 is 0 Å². The first-order valence-electron chi connectivity index (χ1n) is 8.18. The second kappa shape index (κ2) is 10.1. The van der Waals surface area contributed by atoms with Gasteiger partial charge in [0.15, 0.2) is 5.78 Å². The van der Waals surface area contributed by atoms with Gasteiger partial charge in [0.2, 0.25) is 0 Å². The Kier molecular flexibility index (Phi) is 9.64. The number of hydrogen-bond donors (Lipinski definition) is 2. The number of carbonyl (C=O) groups is 3. The van der Waals surface area contributed by atoms with Gasteiger partial charge in [-0.1, -0.05) is 13.8 Å². The number of halogens is 1. The van der Waals surface area contributed by atoms with Gasteiger partial charge in [0.1, 0.15) is 10.8 Å². The molecule has 0 aromatic heterocycles. The number of carbonyl (C=O) groups excluding carboxylic acids is 3. The molecular formula is C15H26ClNO9. The summed E-state index contributed by atoms with van der Waals surface area (Å²) in [6, 6.07) is 0. The molecule has 0 aliphatic carbocycles. The van der Waals surface area contributed by atoms with Gasteiger partial charge in [-0.2, -0.15) is 14.0 Å².